The number of oxazole rings is 1. The minimum atomic E-state index is -0.0921. The molecular formula is C21H22N4O3. The van der Waals surface area contributed by atoms with Gasteiger partial charge in [-0.3, -0.25) is 9.78 Å². The molecule has 1 aromatic carbocycles. The molecule has 1 aliphatic heterocycles. The summed E-state index contributed by atoms with van der Waals surface area (Å²) in [6.45, 7) is 5.03. The van der Waals surface area contributed by atoms with Gasteiger partial charge in [0.2, 0.25) is 5.88 Å². The second kappa shape index (κ2) is 7.80. The Labute approximate surface area is 163 Å². The number of hydrogen-bond donors (Lipinski definition) is 0. The Bertz CT molecular complexity index is 960. The fourth-order valence-corrected chi connectivity index (χ4v) is 3.39. The molecule has 0 atom stereocenters. The van der Waals surface area contributed by atoms with Crippen LogP contribution in [0.3, 0.4) is 0 Å². The summed E-state index contributed by atoms with van der Waals surface area (Å²) >= 11 is 0. The van der Waals surface area contributed by atoms with E-state index in [-0.39, 0.29) is 11.8 Å². The second-order valence-electron chi connectivity index (χ2n) is 6.98. The average molecular weight is 378 g/mol. The molecule has 7 nitrogen and oxygen atoms in total. The number of likely N-dealkylation sites (tertiary alicyclic amines) is 1. The quantitative estimate of drug-likeness (QED) is 0.685. The number of piperidine rings is 1. The predicted molar refractivity (Wildman–Crippen MR) is 102 cm³/mol. The smallest absolute Gasteiger partial charge is 0.275 e. The van der Waals surface area contributed by atoms with Gasteiger partial charge in [-0.1, -0.05) is 17.7 Å². The average Bonchev–Trinajstić information content (AvgIpc) is 3.16. The minimum Gasteiger partial charge on any atom is -0.448 e. The van der Waals surface area contributed by atoms with Crippen molar-refractivity contribution in [1.29, 1.82) is 0 Å². The number of ether oxygens (including phenoxy) is 1. The molecule has 0 N–H and O–H groups in total. The van der Waals surface area contributed by atoms with Crippen molar-refractivity contribution in [3.63, 3.8) is 0 Å². The molecular weight excluding hydrogens is 356 g/mol. The van der Waals surface area contributed by atoms with Crippen LogP contribution in [0.1, 0.15) is 46.4 Å². The number of carbonyl (C=O) groups excluding carboxylic acids is 1. The topological polar surface area (TPSA) is 81.4 Å². The monoisotopic (exact) mass is 378 g/mol. The molecule has 0 aliphatic carbocycles. The van der Waals surface area contributed by atoms with Gasteiger partial charge >= 0.3 is 0 Å². The van der Waals surface area contributed by atoms with Crippen molar-refractivity contribution >= 4 is 5.91 Å². The summed E-state index contributed by atoms with van der Waals surface area (Å²) in [5, 5.41) is 0. The molecule has 0 radical (unpaired) electrons. The van der Waals surface area contributed by atoms with E-state index in [0.29, 0.717) is 30.6 Å². The third-order valence-corrected chi connectivity index (χ3v) is 4.93. The molecule has 1 fully saturated rings. The number of rotatable bonds is 4. The van der Waals surface area contributed by atoms with Gasteiger partial charge in [0.1, 0.15) is 17.7 Å². The normalized spacial score (nSPS) is 14.9. The summed E-state index contributed by atoms with van der Waals surface area (Å²) in [5.41, 5.74) is 2.37. The van der Waals surface area contributed by atoms with Crippen molar-refractivity contribution in [2.24, 2.45) is 0 Å². The number of benzene rings is 1. The van der Waals surface area contributed by atoms with Crippen molar-refractivity contribution in [1.82, 2.24) is 19.9 Å². The first-order valence-corrected chi connectivity index (χ1v) is 9.37. The first-order chi connectivity index (χ1) is 13.6. The van der Waals surface area contributed by atoms with E-state index >= 15 is 0 Å². The van der Waals surface area contributed by atoms with Crippen molar-refractivity contribution in [3.8, 4) is 11.6 Å². The van der Waals surface area contributed by atoms with E-state index in [4.69, 9.17) is 9.15 Å². The van der Waals surface area contributed by atoms with Crippen LogP contribution >= 0.6 is 0 Å². The van der Waals surface area contributed by atoms with Crippen LogP contribution in [0, 0.1) is 13.8 Å². The van der Waals surface area contributed by atoms with Gasteiger partial charge in [-0.2, -0.15) is 0 Å². The number of nitrogens with zero attached hydrogens (tertiary/aromatic N) is 4. The number of aromatic nitrogens is 3. The number of aryl methyl sites for hydroxylation is 2. The molecule has 0 saturated carbocycles. The molecule has 0 bridgehead atoms. The molecule has 2 aromatic heterocycles. The van der Waals surface area contributed by atoms with E-state index in [9.17, 15) is 4.79 Å². The van der Waals surface area contributed by atoms with E-state index in [0.717, 1.165) is 24.3 Å². The molecule has 0 unspecified atom stereocenters. The van der Waals surface area contributed by atoms with Crippen molar-refractivity contribution in [2.45, 2.75) is 32.6 Å². The van der Waals surface area contributed by atoms with Crippen LogP contribution in [-0.2, 0) is 0 Å². The standard InChI is InChI=1S/C21H22N4O3/c1-14-3-5-17(6-4-14)28-20-19(22-9-10-23-20)16-7-11-25(12-8-16)21(26)18-13-27-15(2)24-18/h3-6,9-10,13,16H,7-8,11-12H2,1-2H3. The Hall–Kier alpha value is -3.22. The van der Waals surface area contributed by atoms with E-state index in [1.807, 2.05) is 36.1 Å². The first kappa shape index (κ1) is 18.2. The molecule has 3 aromatic rings. The molecule has 4 rings (SSSR count). The van der Waals surface area contributed by atoms with E-state index in [1.165, 1.54) is 11.8 Å². The summed E-state index contributed by atoms with van der Waals surface area (Å²) in [5.74, 6) is 1.86. The highest BCUT2D eigenvalue weighted by Gasteiger charge is 2.29. The zero-order chi connectivity index (χ0) is 19.5. The van der Waals surface area contributed by atoms with Gasteiger partial charge in [-0.25, -0.2) is 9.97 Å². The zero-order valence-electron chi connectivity index (χ0n) is 16.0. The maximum atomic E-state index is 12.5. The lowest BCUT2D eigenvalue weighted by molar-refractivity contribution is 0.0705. The van der Waals surface area contributed by atoms with E-state index in [2.05, 4.69) is 15.0 Å². The minimum absolute atomic E-state index is 0.0921. The highest BCUT2D eigenvalue weighted by Crippen LogP contribution is 2.33. The fraction of sp³-hybridized carbons (Fsp3) is 0.333. The van der Waals surface area contributed by atoms with Crippen molar-refractivity contribution in [2.75, 3.05) is 13.1 Å². The van der Waals surface area contributed by atoms with E-state index in [1.54, 1.807) is 19.3 Å². The maximum absolute atomic E-state index is 12.5. The van der Waals surface area contributed by atoms with Gasteiger partial charge in [0.05, 0.1) is 0 Å². The van der Waals surface area contributed by atoms with Crippen LogP contribution in [-0.4, -0.2) is 38.8 Å². The maximum Gasteiger partial charge on any atom is 0.275 e. The first-order valence-electron chi connectivity index (χ1n) is 9.37. The Morgan fingerprint density at radius 3 is 2.50 bits per heavy atom. The highest BCUT2D eigenvalue weighted by molar-refractivity contribution is 5.92. The van der Waals surface area contributed by atoms with Crippen LogP contribution in [0.2, 0.25) is 0 Å². The SMILES string of the molecule is Cc1ccc(Oc2nccnc2C2CCN(C(=O)c3coc(C)n3)CC2)cc1. The lowest BCUT2D eigenvalue weighted by Crippen LogP contribution is -2.38. The molecule has 0 spiro atoms. The summed E-state index contributed by atoms with van der Waals surface area (Å²) < 4.78 is 11.1. The third kappa shape index (κ3) is 3.88. The van der Waals surface area contributed by atoms with Gasteiger partial charge in [0, 0.05) is 38.3 Å². The molecule has 1 saturated heterocycles. The fourth-order valence-electron chi connectivity index (χ4n) is 3.39. The largest absolute Gasteiger partial charge is 0.448 e. The van der Waals surface area contributed by atoms with Gasteiger partial charge in [0.25, 0.3) is 5.91 Å². The van der Waals surface area contributed by atoms with Crippen LogP contribution in [0.5, 0.6) is 11.6 Å². The summed E-state index contributed by atoms with van der Waals surface area (Å²) in [7, 11) is 0. The Kier molecular flexibility index (Phi) is 5.06. The number of carbonyl (C=O) groups is 1. The van der Waals surface area contributed by atoms with Crippen molar-refractivity contribution in [3.05, 3.63) is 65.8 Å². The lowest BCUT2D eigenvalue weighted by Gasteiger charge is -2.31. The Morgan fingerprint density at radius 2 is 1.82 bits per heavy atom. The molecule has 1 amide bonds. The second-order valence-corrected chi connectivity index (χ2v) is 6.98. The van der Waals surface area contributed by atoms with Crippen molar-refractivity contribution < 1.29 is 13.9 Å². The summed E-state index contributed by atoms with van der Waals surface area (Å²) in [6.07, 6.45) is 6.34. The Morgan fingerprint density at radius 1 is 1.11 bits per heavy atom. The third-order valence-electron chi connectivity index (χ3n) is 4.93. The number of hydrogen-bond acceptors (Lipinski definition) is 6. The Balaban J connectivity index is 1.44. The lowest BCUT2D eigenvalue weighted by atomic mass is 9.93. The van der Waals surface area contributed by atoms with Crippen LogP contribution in [0.15, 0.2) is 47.3 Å². The molecule has 3 heterocycles. The summed E-state index contributed by atoms with van der Waals surface area (Å²) in [6, 6.07) is 7.85. The molecule has 1 aliphatic rings. The van der Waals surface area contributed by atoms with Crippen LogP contribution in [0.25, 0.3) is 0 Å². The van der Waals surface area contributed by atoms with Gasteiger partial charge in [-0.15, -0.1) is 0 Å². The zero-order valence-corrected chi connectivity index (χ0v) is 16.0. The molecule has 28 heavy (non-hydrogen) atoms. The van der Waals surface area contributed by atoms with Gasteiger partial charge in [0.15, 0.2) is 11.6 Å². The van der Waals surface area contributed by atoms with Crippen LogP contribution < -0.4 is 4.74 Å². The van der Waals surface area contributed by atoms with Crippen LogP contribution in [0.4, 0.5) is 0 Å². The number of amides is 1. The molecule has 144 valence electrons. The van der Waals surface area contributed by atoms with Gasteiger partial charge < -0.3 is 14.1 Å². The summed E-state index contributed by atoms with van der Waals surface area (Å²) in [4.78, 5) is 27.4. The molecule has 7 heteroatoms. The highest BCUT2D eigenvalue weighted by atomic mass is 16.5. The predicted octanol–water partition coefficient (Wildman–Crippen LogP) is 3.89. The van der Waals surface area contributed by atoms with Gasteiger partial charge in [-0.05, 0) is 31.9 Å². The van der Waals surface area contributed by atoms with E-state index < -0.39 is 0 Å².